The summed E-state index contributed by atoms with van der Waals surface area (Å²) in [6.07, 6.45) is 3.48. The zero-order chi connectivity index (χ0) is 17.4. The summed E-state index contributed by atoms with van der Waals surface area (Å²) in [5.74, 6) is 0.711. The summed E-state index contributed by atoms with van der Waals surface area (Å²) in [7, 11) is -0.426. The molecule has 0 amide bonds. The van der Waals surface area contributed by atoms with Gasteiger partial charge >= 0.3 is 7.12 Å². The summed E-state index contributed by atoms with van der Waals surface area (Å²) in [5, 5.41) is 0. The van der Waals surface area contributed by atoms with E-state index < -0.39 is 7.12 Å². The molecule has 1 aliphatic heterocycles. The molecule has 1 aromatic carbocycles. The minimum atomic E-state index is -0.426. The van der Waals surface area contributed by atoms with Crippen LogP contribution in [0.25, 0.3) is 0 Å². The molecule has 126 valence electrons. The van der Waals surface area contributed by atoms with Crippen LogP contribution in [0.3, 0.4) is 0 Å². The van der Waals surface area contributed by atoms with Crippen molar-refractivity contribution in [3.8, 4) is 5.75 Å². The predicted octanol–water partition coefficient (Wildman–Crippen LogP) is 3.27. The van der Waals surface area contributed by atoms with E-state index in [1.54, 1.807) is 12.4 Å². The van der Waals surface area contributed by atoms with Gasteiger partial charge in [-0.1, -0.05) is 29.8 Å². The number of aromatic nitrogens is 1. The molecule has 3 rings (SSSR count). The van der Waals surface area contributed by atoms with Crippen molar-refractivity contribution in [2.24, 2.45) is 0 Å². The largest absolute Gasteiger partial charge is 0.496 e. The Morgan fingerprint density at radius 1 is 1.00 bits per heavy atom. The maximum atomic E-state index is 6.06. The van der Waals surface area contributed by atoms with Crippen LogP contribution >= 0.6 is 0 Å². The summed E-state index contributed by atoms with van der Waals surface area (Å²) in [4.78, 5) is 4.27. The molecule has 2 aromatic rings. The molecule has 1 aliphatic rings. The van der Waals surface area contributed by atoms with Crippen molar-refractivity contribution in [2.75, 3.05) is 0 Å². The molecule has 0 radical (unpaired) electrons. The highest BCUT2D eigenvalue weighted by atomic mass is 16.7. The first-order valence-electron chi connectivity index (χ1n) is 8.26. The van der Waals surface area contributed by atoms with E-state index in [-0.39, 0.29) is 11.2 Å². The first-order valence-corrected chi connectivity index (χ1v) is 8.26. The highest BCUT2D eigenvalue weighted by molar-refractivity contribution is 6.62. The molecule has 0 spiro atoms. The van der Waals surface area contributed by atoms with Crippen molar-refractivity contribution in [2.45, 2.75) is 52.4 Å². The normalized spacial score (nSPS) is 18.6. The SMILES string of the molecule is Cc1ccc(COc2cncc(B3OC(C)(C)C(C)(C)O3)c2)cc1. The van der Waals surface area contributed by atoms with Crippen LogP contribution in [0.15, 0.2) is 42.7 Å². The molecular formula is C19H24BNO3. The lowest BCUT2D eigenvalue weighted by Crippen LogP contribution is -2.41. The Balaban J connectivity index is 1.70. The van der Waals surface area contributed by atoms with Gasteiger partial charge in [-0.3, -0.25) is 4.98 Å². The molecule has 1 saturated heterocycles. The number of nitrogens with zero attached hydrogens (tertiary/aromatic N) is 1. The number of pyridine rings is 1. The second-order valence-electron chi connectivity index (χ2n) is 7.32. The lowest BCUT2D eigenvalue weighted by molar-refractivity contribution is 0.00578. The van der Waals surface area contributed by atoms with Gasteiger partial charge in [-0.2, -0.15) is 0 Å². The average Bonchev–Trinajstić information content (AvgIpc) is 2.75. The van der Waals surface area contributed by atoms with Crippen LogP contribution in [0.4, 0.5) is 0 Å². The summed E-state index contributed by atoms with van der Waals surface area (Å²) in [5.41, 5.74) is 2.51. The lowest BCUT2D eigenvalue weighted by atomic mass is 9.80. The predicted molar refractivity (Wildman–Crippen MR) is 95.5 cm³/mol. The zero-order valence-electron chi connectivity index (χ0n) is 15.0. The number of aryl methyl sites for hydroxylation is 1. The van der Waals surface area contributed by atoms with Crippen LogP contribution in [0.1, 0.15) is 38.8 Å². The van der Waals surface area contributed by atoms with E-state index in [1.165, 1.54) is 5.56 Å². The fraction of sp³-hybridized carbons (Fsp3) is 0.421. The molecule has 0 atom stereocenters. The Hall–Kier alpha value is -1.85. The third-order valence-electron chi connectivity index (χ3n) is 4.79. The van der Waals surface area contributed by atoms with Crippen LogP contribution in [0, 0.1) is 6.92 Å². The van der Waals surface area contributed by atoms with Gasteiger partial charge in [-0.15, -0.1) is 0 Å². The van der Waals surface area contributed by atoms with Crippen LogP contribution in [-0.4, -0.2) is 23.3 Å². The molecule has 0 aliphatic carbocycles. The third kappa shape index (κ3) is 3.47. The van der Waals surface area contributed by atoms with E-state index in [0.717, 1.165) is 11.0 Å². The number of rotatable bonds is 4. The van der Waals surface area contributed by atoms with Gasteiger partial charge in [-0.25, -0.2) is 0 Å². The molecule has 1 fully saturated rings. The number of ether oxygens (including phenoxy) is 1. The molecule has 0 bridgehead atoms. The summed E-state index contributed by atoms with van der Waals surface area (Å²) in [6, 6.07) is 10.2. The average molecular weight is 325 g/mol. The Bertz CT molecular complexity index is 697. The minimum absolute atomic E-state index is 0.365. The van der Waals surface area contributed by atoms with Crippen molar-refractivity contribution < 1.29 is 14.0 Å². The summed E-state index contributed by atoms with van der Waals surface area (Å²) >= 11 is 0. The van der Waals surface area contributed by atoms with Crippen LogP contribution < -0.4 is 10.2 Å². The number of hydrogen-bond donors (Lipinski definition) is 0. The van der Waals surface area contributed by atoms with Gasteiger partial charge in [0.2, 0.25) is 0 Å². The number of benzene rings is 1. The summed E-state index contributed by atoms with van der Waals surface area (Å²) < 4.78 is 18.0. The van der Waals surface area contributed by atoms with Gasteiger partial charge in [0.1, 0.15) is 12.4 Å². The van der Waals surface area contributed by atoms with Crippen molar-refractivity contribution in [3.05, 3.63) is 53.9 Å². The molecule has 0 N–H and O–H groups in total. The smallest absolute Gasteiger partial charge is 0.487 e. The van der Waals surface area contributed by atoms with Gasteiger partial charge in [0.15, 0.2) is 0 Å². The fourth-order valence-corrected chi connectivity index (χ4v) is 2.47. The third-order valence-corrected chi connectivity index (χ3v) is 4.79. The van der Waals surface area contributed by atoms with Gasteiger partial charge in [-0.05, 0) is 46.2 Å². The molecule has 2 heterocycles. The van der Waals surface area contributed by atoms with E-state index >= 15 is 0 Å². The first kappa shape index (κ1) is 17.0. The van der Waals surface area contributed by atoms with E-state index in [9.17, 15) is 0 Å². The van der Waals surface area contributed by atoms with Gasteiger partial charge in [0.25, 0.3) is 0 Å². The second kappa shape index (κ2) is 6.23. The highest BCUT2D eigenvalue weighted by Gasteiger charge is 2.51. The topological polar surface area (TPSA) is 40.6 Å². The zero-order valence-corrected chi connectivity index (χ0v) is 15.0. The second-order valence-corrected chi connectivity index (χ2v) is 7.32. The molecule has 5 heteroatoms. The highest BCUT2D eigenvalue weighted by Crippen LogP contribution is 2.36. The standard InChI is InChI=1S/C19H24BNO3/c1-14-6-8-15(9-7-14)13-22-17-10-16(11-21-12-17)20-23-18(2,3)19(4,5)24-20/h6-12H,13H2,1-5H3. The molecule has 0 saturated carbocycles. The molecule has 0 unspecified atom stereocenters. The monoisotopic (exact) mass is 325 g/mol. The van der Waals surface area contributed by atoms with E-state index in [0.29, 0.717) is 12.4 Å². The Morgan fingerprint density at radius 3 is 2.25 bits per heavy atom. The maximum absolute atomic E-state index is 6.06. The van der Waals surface area contributed by atoms with E-state index in [4.69, 9.17) is 14.0 Å². The van der Waals surface area contributed by atoms with Gasteiger partial charge in [0, 0.05) is 11.7 Å². The maximum Gasteiger partial charge on any atom is 0.496 e. The fourth-order valence-electron chi connectivity index (χ4n) is 2.47. The van der Waals surface area contributed by atoms with Crippen LogP contribution in [0.2, 0.25) is 0 Å². The Morgan fingerprint density at radius 2 is 1.62 bits per heavy atom. The molecular weight excluding hydrogens is 301 g/mol. The lowest BCUT2D eigenvalue weighted by Gasteiger charge is -2.32. The molecule has 1 aromatic heterocycles. The summed E-state index contributed by atoms with van der Waals surface area (Å²) in [6.45, 7) is 10.7. The van der Waals surface area contributed by atoms with Crippen LogP contribution in [-0.2, 0) is 15.9 Å². The molecule has 24 heavy (non-hydrogen) atoms. The van der Waals surface area contributed by atoms with E-state index in [1.807, 2.05) is 33.8 Å². The van der Waals surface area contributed by atoms with Gasteiger partial charge in [0.05, 0.1) is 17.4 Å². The quantitative estimate of drug-likeness (QED) is 0.809. The Labute approximate surface area is 144 Å². The minimum Gasteiger partial charge on any atom is -0.487 e. The first-order chi connectivity index (χ1) is 11.3. The van der Waals surface area contributed by atoms with Crippen molar-refractivity contribution in [3.63, 3.8) is 0 Å². The van der Waals surface area contributed by atoms with Gasteiger partial charge < -0.3 is 14.0 Å². The van der Waals surface area contributed by atoms with Crippen LogP contribution in [0.5, 0.6) is 5.75 Å². The number of hydrogen-bond acceptors (Lipinski definition) is 4. The Kier molecular flexibility index (Phi) is 4.41. The molecule has 4 nitrogen and oxygen atoms in total. The van der Waals surface area contributed by atoms with Crippen molar-refractivity contribution in [1.82, 2.24) is 4.98 Å². The van der Waals surface area contributed by atoms with E-state index in [2.05, 4.69) is 36.2 Å². The van der Waals surface area contributed by atoms with Crippen molar-refractivity contribution >= 4 is 12.6 Å². The van der Waals surface area contributed by atoms with Crippen molar-refractivity contribution in [1.29, 1.82) is 0 Å².